The SMILES string of the molecule is COc1ccc(N2C(=S)NC(c3ccccn3)C2c2cccn2-c2cccc([N+](=O)[O-])c2)cc1. The van der Waals surface area contributed by atoms with Gasteiger partial charge in [0.25, 0.3) is 5.69 Å². The van der Waals surface area contributed by atoms with Crippen LogP contribution in [0.25, 0.3) is 5.69 Å². The second-order valence-corrected chi connectivity index (χ2v) is 8.16. The Morgan fingerprint density at radius 1 is 1.03 bits per heavy atom. The second kappa shape index (κ2) is 8.95. The van der Waals surface area contributed by atoms with E-state index in [4.69, 9.17) is 17.0 Å². The van der Waals surface area contributed by atoms with Crippen LogP contribution in [0.2, 0.25) is 0 Å². The second-order valence-electron chi connectivity index (χ2n) is 7.77. The molecule has 1 aliphatic heterocycles. The molecular weight excluding hydrogens is 450 g/mol. The number of benzene rings is 2. The van der Waals surface area contributed by atoms with Crippen molar-refractivity contribution in [3.8, 4) is 11.4 Å². The molecule has 0 aliphatic carbocycles. The molecule has 0 bridgehead atoms. The summed E-state index contributed by atoms with van der Waals surface area (Å²) in [6.07, 6.45) is 3.66. The summed E-state index contributed by atoms with van der Waals surface area (Å²) in [5, 5.41) is 15.4. The van der Waals surface area contributed by atoms with E-state index in [0.717, 1.165) is 22.8 Å². The lowest BCUT2D eigenvalue weighted by molar-refractivity contribution is -0.384. The van der Waals surface area contributed by atoms with E-state index < -0.39 is 0 Å². The van der Waals surface area contributed by atoms with Crippen LogP contribution in [0.3, 0.4) is 0 Å². The molecule has 1 fully saturated rings. The van der Waals surface area contributed by atoms with E-state index in [1.807, 2.05) is 71.4 Å². The largest absolute Gasteiger partial charge is 0.497 e. The van der Waals surface area contributed by atoms with E-state index in [2.05, 4.69) is 15.2 Å². The van der Waals surface area contributed by atoms with Crippen molar-refractivity contribution >= 4 is 28.7 Å². The van der Waals surface area contributed by atoms with Gasteiger partial charge in [-0.25, -0.2) is 0 Å². The van der Waals surface area contributed by atoms with Gasteiger partial charge in [-0.15, -0.1) is 0 Å². The Kier molecular flexibility index (Phi) is 5.69. The lowest BCUT2D eigenvalue weighted by Crippen LogP contribution is -2.30. The van der Waals surface area contributed by atoms with Crippen molar-refractivity contribution in [3.05, 3.63) is 113 Å². The highest BCUT2D eigenvalue weighted by Crippen LogP contribution is 2.42. The summed E-state index contributed by atoms with van der Waals surface area (Å²) in [7, 11) is 1.63. The molecule has 2 aromatic carbocycles. The molecular formula is C25H21N5O3S. The number of ether oxygens (including phenoxy) is 1. The molecule has 8 nitrogen and oxygen atoms in total. The summed E-state index contributed by atoms with van der Waals surface area (Å²) >= 11 is 5.78. The molecule has 3 heterocycles. The highest BCUT2D eigenvalue weighted by Gasteiger charge is 2.42. The van der Waals surface area contributed by atoms with Crippen LogP contribution in [-0.4, -0.2) is 26.7 Å². The summed E-state index contributed by atoms with van der Waals surface area (Å²) in [6, 6.07) is 23.5. The zero-order chi connectivity index (χ0) is 23.7. The molecule has 1 N–H and O–H groups in total. The van der Waals surface area contributed by atoms with E-state index in [-0.39, 0.29) is 22.7 Å². The molecule has 1 saturated heterocycles. The highest BCUT2D eigenvalue weighted by molar-refractivity contribution is 7.80. The number of aromatic nitrogens is 2. The van der Waals surface area contributed by atoms with Crippen molar-refractivity contribution in [2.45, 2.75) is 12.1 Å². The molecule has 0 radical (unpaired) electrons. The predicted octanol–water partition coefficient (Wildman–Crippen LogP) is 4.97. The average molecular weight is 472 g/mol. The molecule has 1 aliphatic rings. The molecule has 9 heteroatoms. The first-order valence-electron chi connectivity index (χ1n) is 10.6. The quantitative estimate of drug-likeness (QED) is 0.241. The van der Waals surface area contributed by atoms with Crippen LogP contribution < -0.4 is 15.0 Å². The Morgan fingerprint density at radius 3 is 2.56 bits per heavy atom. The minimum atomic E-state index is -0.390. The van der Waals surface area contributed by atoms with Gasteiger partial charge in [0.1, 0.15) is 11.8 Å². The number of nitro groups is 1. The lowest BCUT2D eigenvalue weighted by Gasteiger charge is -2.29. The van der Waals surface area contributed by atoms with Gasteiger partial charge in [-0.2, -0.15) is 0 Å². The van der Waals surface area contributed by atoms with E-state index in [0.29, 0.717) is 10.8 Å². The Bertz CT molecular complexity index is 1340. The molecule has 4 aromatic rings. The monoisotopic (exact) mass is 471 g/mol. The van der Waals surface area contributed by atoms with Gasteiger partial charge in [0.2, 0.25) is 0 Å². The van der Waals surface area contributed by atoms with Crippen LogP contribution in [0.4, 0.5) is 11.4 Å². The molecule has 2 atom stereocenters. The molecule has 170 valence electrons. The van der Waals surface area contributed by atoms with E-state index in [1.165, 1.54) is 6.07 Å². The van der Waals surface area contributed by atoms with Crippen LogP contribution >= 0.6 is 12.2 Å². The minimum Gasteiger partial charge on any atom is -0.497 e. The topological polar surface area (TPSA) is 85.5 Å². The molecule has 0 saturated carbocycles. The number of nitrogens with zero attached hydrogens (tertiary/aromatic N) is 4. The van der Waals surface area contributed by atoms with Crippen LogP contribution in [0.15, 0.2) is 91.3 Å². The third kappa shape index (κ3) is 3.86. The summed E-state index contributed by atoms with van der Waals surface area (Å²) < 4.78 is 7.28. The smallest absolute Gasteiger partial charge is 0.271 e. The fourth-order valence-corrected chi connectivity index (χ4v) is 4.65. The Hall–Kier alpha value is -4.24. The first-order valence-corrected chi connectivity index (χ1v) is 11.0. The third-order valence-corrected chi connectivity index (χ3v) is 6.17. The van der Waals surface area contributed by atoms with Crippen LogP contribution in [-0.2, 0) is 0 Å². The van der Waals surface area contributed by atoms with Gasteiger partial charge < -0.3 is 19.5 Å². The fourth-order valence-electron chi connectivity index (χ4n) is 4.30. The van der Waals surface area contributed by atoms with Crippen molar-refractivity contribution in [1.82, 2.24) is 14.9 Å². The standard InChI is InChI=1S/C25H21N5O3S/c1-33-20-12-10-17(11-13-20)29-24(23(27-25(29)34)21-8-2-3-14-26-21)22-9-5-15-28(22)18-6-4-7-19(16-18)30(31)32/h2-16,23-24H,1H3,(H,27,34). The molecule has 0 spiro atoms. The predicted molar refractivity (Wildman–Crippen MR) is 133 cm³/mol. The fraction of sp³-hybridized carbons (Fsp3) is 0.120. The van der Waals surface area contributed by atoms with Crippen LogP contribution in [0.5, 0.6) is 5.75 Å². The highest BCUT2D eigenvalue weighted by atomic mass is 32.1. The van der Waals surface area contributed by atoms with Crippen LogP contribution in [0, 0.1) is 10.1 Å². The van der Waals surface area contributed by atoms with E-state index in [1.54, 1.807) is 25.4 Å². The summed E-state index contributed by atoms with van der Waals surface area (Å²) in [5.74, 6) is 0.750. The minimum absolute atomic E-state index is 0.0329. The van der Waals surface area contributed by atoms with Gasteiger partial charge in [-0.3, -0.25) is 15.1 Å². The zero-order valence-corrected chi connectivity index (χ0v) is 19.1. The first-order chi connectivity index (χ1) is 16.6. The van der Waals surface area contributed by atoms with Gasteiger partial charge >= 0.3 is 0 Å². The van der Waals surface area contributed by atoms with Crippen molar-refractivity contribution < 1.29 is 9.66 Å². The number of anilines is 1. The molecule has 2 unspecified atom stereocenters. The van der Waals surface area contributed by atoms with E-state index in [9.17, 15) is 10.1 Å². The van der Waals surface area contributed by atoms with Gasteiger partial charge in [0, 0.05) is 35.9 Å². The number of methoxy groups -OCH3 is 1. The number of hydrogen-bond acceptors (Lipinski definition) is 5. The average Bonchev–Trinajstić information content (AvgIpc) is 3.49. The van der Waals surface area contributed by atoms with Crippen molar-refractivity contribution in [1.29, 1.82) is 0 Å². The maximum atomic E-state index is 11.4. The molecule has 34 heavy (non-hydrogen) atoms. The summed E-state index contributed by atoms with van der Waals surface area (Å²) in [6.45, 7) is 0. The van der Waals surface area contributed by atoms with Gasteiger partial charge in [-0.05, 0) is 66.8 Å². The Morgan fingerprint density at radius 2 is 1.85 bits per heavy atom. The molecule has 0 amide bonds. The van der Waals surface area contributed by atoms with Gasteiger partial charge in [0.15, 0.2) is 5.11 Å². The maximum absolute atomic E-state index is 11.4. The summed E-state index contributed by atoms with van der Waals surface area (Å²) in [5.41, 5.74) is 3.39. The number of hydrogen-bond donors (Lipinski definition) is 1. The number of non-ortho nitro benzene ring substituents is 1. The summed E-state index contributed by atoms with van der Waals surface area (Å²) in [4.78, 5) is 17.6. The Balaban J connectivity index is 1.65. The first kappa shape index (κ1) is 21.6. The number of nitro benzene ring substituents is 1. The van der Waals surface area contributed by atoms with Gasteiger partial charge in [0.05, 0.1) is 29.5 Å². The Labute approximate surface area is 201 Å². The zero-order valence-electron chi connectivity index (χ0n) is 18.2. The number of thiocarbonyl (C=S) groups is 1. The van der Waals surface area contributed by atoms with Crippen molar-refractivity contribution in [2.24, 2.45) is 0 Å². The number of nitrogens with one attached hydrogen (secondary N) is 1. The van der Waals surface area contributed by atoms with Crippen LogP contribution in [0.1, 0.15) is 23.5 Å². The number of rotatable bonds is 6. The lowest BCUT2D eigenvalue weighted by atomic mass is 10.0. The van der Waals surface area contributed by atoms with E-state index >= 15 is 0 Å². The van der Waals surface area contributed by atoms with Crippen molar-refractivity contribution in [2.75, 3.05) is 12.0 Å². The molecule has 5 rings (SSSR count). The molecule has 2 aromatic heterocycles. The van der Waals surface area contributed by atoms with Crippen molar-refractivity contribution in [3.63, 3.8) is 0 Å². The van der Waals surface area contributed by atoms with Gasteiger partial charge in [-0.1, -0.05) is 12.1 Å². The number of pyridine rings is 1. The third-order valence-electron chi connectivity index (χ3n) is 5.85. The maximum Gasteiger partial charge on any atom is 0.271 e. The normalized spacial score (nSPS) is 17.4.